The molecular weight excluding hydrogens is 525 g/mol. The number of aryl methyl sites for hydroxylation is 2. The molecular formula is C28H39Cl2N5O3. The van der Waals surface area contributed by atoms with Gasteiger partial charge < -0.3 is 24.3 Å². The number of carbonyl (C=O) groups is 1. The molecule has 0 unspecified atom stereocenters. The summed E-state index contributed by atoms with van der Waals surface area (Å²) in [4.78, 5) is 22.4. The zero-order chi connectivity index (χ0) is 25.8. The first-order valence-electron chi connectivity index (χ1n) is 12.4. The first-order chi connectivity index (χ1) is 17.3. The summed E-state index contributed by atoms with van der Waals surface area (Å²) in [6, 6.07) is 12.1. The molecule has 0 saturated carbocycles. The molecule has 0 aliphatic carbocycles. The maximum atomic E-state index is 13.0. The molecule has 1 aliphatic heterocycles. The molecule has 1 N–H and O–H groups in total. The zero-order valence-corrected chi connectivity index (χ0v) is 24.7. The molecule has 0 spiro atoms. The van der Waals surface area contributed by atoms with Crippen molar-refractivity contribution in [1.82, 2.24) is 19.8 Å². The number of carbonyl (C=O) groups excluding carboxylic acids is 1. The summed E-state index contributed by atoms with van der Waals surface area (Å²) in [5.74, 6) is 1.94. The summed E-state index contributed by atoms with van der Waals surface area (Å²) in [5.41, 5.74) is 6.08. The van der Waals surface area contributed by atoms with Crippen LogP contribution in [-0.4, -0.2) is 73.8 Å². The fraction of sp³-hybridized carbons (Fsp3) is 0.429. The number of benzene rings is 2. The summed E-state index contributed by atoms with van der Waals surface area (Å²) >= 11 is 0. The van der Waals surface area contributed by atoms with Gasteiger partial charge in [0.05, 0.1) is 25.6 Å². The molecule has 1 amide bonds. The van der Waals surface area contributed by atoms with Crippen molar-refractivity contribution in [1.29, 1.82) is 0 Å². The zero-order valence-electron chi connectivity index (χ0n) is 23.0. The number of nitrogens with one attached hydrogen (secondary N) is 1. The number of anilines is 1. The molecule has 10 heteroatoms. The third-order valence-corrected chi connectivity index (χ3v) is 7.09. The van der Waals surface area contributed by atoms with Crippen LogP contribution in [0.3, 0.4) is 0 Å². The number of nitrogens with zero attached hydrogens (tertiary/aromatic N) is 4. The van der Waals surface area contributed by atoms with Gasteiger partial charge in [-0.15, -0.1) is 24.8 Å². The van der Waals surface area contributed by atoms with Gasteiger partial charge in [0.2, 0.25) is 0 Å². The smallest absolute Gasteiger partial charge is 0.271 e. The van der Waals surface area contributed by atoms with Crippen molar-refractivity contribution >= 4 is 36.4 Å². The second-order valence-electron chi connectivity index (χ2n) is 9.30. The van der Waals surface area contributed by atoms with E-state index in [-0.39, 0.29) is 30.7 Å². The van der Waals surface area contributed by atoms with E-state index in [9.17, 15) is 4.79 Å². The van der Waals surface area contributed by atoms with Gasteiger partial charge in [-0.25, -0.2) is 4.98 Å². The molecule has 1 aromatic heterocycles. The number of rotatable bonds is 8. The fourth-order valence-corrected chi connectivity index (χ4v) is 4.86. The Labute approximate surface area is 238 Å². The Kier molecular flexibility index (Phi) is 11.3. The van der Waals surface area contributed by atoms with Crippen LogP contribution in [0, 0.1) is 27.7 Å². The monoisotopic (exact) mass is 563 g/mol. The number of methoxy groups -OCH3 is 2. The summed E-state index contributed by atoms with van der Waals surface area (Å²) in [5, 5.41) is 3.06. The Balaban J connectivity index is 0.00000253. The highest BCUT2D eigenvalue weighted by atomic mass is 35.5. The topological polar surface area (TPSA) is 71.9 Å². The maximum Gasteiger partial charge on any atom is 0.271 e. The summed E-state index contributed by atoms with van der Waals surface area (Å²) < 4.78 is 12.8. The molecule has 8 nitrogen and oxygen atoms in total. The number of piperazine rings is 1. The van der Waals surface area contributed by atoms with Crippen molar-refractivity contribution in [2.75, 3.05) is 58.4 Å². The lowest BCUT2D eigenvalue weighted by Crippen LogP contribution is -2.48. The van der Waals surface area contributed by atoms with Gasteiger partial charge in [-0.05, 0) is 44.9 Å². The number of imidazole rings is 1. The Morgan fingerprint density at radius 1 is 0.947 bits per heavy atom. The van der Waals surface area contributed by atoms with Crippen LogP contribution in [0.2, 0.25) is 0 Å². The lowest BCUT2D eigenvalue weighted by Gasteiger charge is -2.37. The quantitative estimate of drug-likeness (QED) is 0.434. The predicted molar refractivity (Wildman–Crippen MR) is 158 cm³/mol. The van der Waals surface area contributed by atoms with Crippen LogP contribution in [0.4, 0.5) is 5.69 Å². The average molecular weight is 565 g/mol. The molecule has 0 atom stereocenters. The standard InChI is InChI=1S/C28H37N5O3.2ClH/c1-19-8-7-9-26(20(19)2)32-14-12-31(13-15-32)11-10-29-28(34)27-21(3)33(22(4)30-27)23-16-24(35-5)18-25(17-23)36-6;;/h7-9,16-18H,10-15H2,1-6H3,(H,29,34);2*1H. The van der Waals surface area contributed by atoms with Crippen molar-refractivity contribution in [3.63, 3.8) is 0 Å². The molecule has 0 radical (unpaired) electrons. The Bertz CT molecular complexity index is 1220. The Hall–Kier alpha value is -2.94. The Morgan fingerprint density at radius 2 is 1.58 bits per heavy atom. The second kappa shape index (κ2) is 13.7. The van der Waals surface area contributed by atoms with Crippen molar-refractivity contribution in [3.05, 3.63) is 64.7 Å². The molecule has 4 rings (SSSR count). The molecule has 208 valence electrons. The van der Waals surface area contributed by atoms with Gasteiger partial charge in [0.1, 0.15) is 23.0 Å². The molecule has 0 bridgehead atoms. The number of hydrogen-bond donors (Lipinski definition) is 1. The lowest BCUT2D eigenvalue weighted by atomic mass is 10.1. The fourth-order valence-electron chi connectivity index (χ4n) is 4.86. The van der Waals surface area contributed by atoms with Crippen LogP contribution in [0.5, 0.6) is 11.5 Å². The largest absolute Gasteiger partial charge is 0.497 e. The van der Waals surface area contributed by atoms with Crippen LogP contribution < -0.4 is 19.7 Å². The van der Waals surface area contributed by atoms with E-state index in [1.807, 2.05) is 36.6 Å². The highest BCUT2D eigenvalue weighted by Gasteiger charge is 2.21. The summed E-state index contributed by atoms with van der Waals surface area (Å²) in [7, 11) is 3.24. The number of halogens is 2. The van der Waals surface area contributed by atoms with E-state index < -0.39 is 0 Å². The van der Waals surface area contributed by atoms with Gasteiger partial charge in [0.25, 0.3) is 5.91 Å². The van der Waals surface area contributed by atoms with Crippen LogP contribution in [0.25, 0.3) is 5.69 Å². The predicted octanol–water partition coefficient (Wildman–Crippen LogP) is 4.52. The van der Waals surface area contributed by atoms with E-state index >= 15 is 0 Å². The number of ether oxygens (including phenoxy) is 2. The highest BCUT2D eigenvalue weighted by molar-refractivity contribution is 5.93. The number of aromatic nitrogens is 2. The van der Waals surface area contributed by atoms with Gasteiger partial charge in [0, 0.05) is 63.2 Å². The van der Waals surface area contributed by atoms with E-state index in [2.05, 4.69) is 52.1 Å². The van der Waals surface area contributed by atoms with Crippen LogP contribution >= 0.6 is 24.8 Å². The molecule has 1 aliphatic rings. The van der Waals surface area contributed by atoms with Crippen LogP contribution in [-0.2, 0) is 0 Å². The SMILES string of the molecule is COc1cc(OC)cc(-n2c(C)nc(C(=O)NCCN3CCN(c4cccc(C)c4C)CC3)c2C)c1.Cl.Cl. The normalized spacial score (nSPS) is 13.4. The van der Waals surface area contributed by atoms with Gasteiger partial charge >= 0.3 is 0 Å². The van der Waals surface area contributed by atoms with Gasteiger partial charge in [-0.1, -0.05) is 12.1 Å². The first kappa shape index (κ1) is 31.3. The van der Waals surface area contributed by atoms with Gasteiger partial charge in [0.15, 0.2) is 0 Å². The summed E-state index contributed by atoms with van der Waals surface area (Å²) in [6.45, 7) is 13.5. The van der Waals surface area contributed by atoms with E-state index in [1.165, 1.54) is 16.8 Å². The van der Waals surface area contributed by atoms with E-state index in [0.29, 0.717) is 23.7 Å². The lowest BCUT2D eigenvalue weighted by molar-refractivity contribution is 0.0942. The minimum atomic E-state index is -0.154. The third kappa shape index (κ3) is 6.73. The number of amides is 1. The second-order valence-corrected chi connectivity index (χ2v) is 9.30. The van der Waals surface area contributed by atoms with E-state index in [4.69, 9.17) is 9.47 Å². The Morgan fingerprint density at radius 3 is 2.18 bits per heavy atom. The van der Waals surface area contributed by atoms with E-state index in [0.717, 1.165) is 49.9 Å². The first-order valence-corrected chi connectivity index (χ1v) is 12.4. The number of hydrogen-bond acceptors (Lipinski definition) is 6. The maximum absolute atomic E-state index is 13.0. The highest BCUT2D eigenvalue weighted by Crippen LogP contribution is 2.28. The van der Waals surface area contributed by atoms with Crippen molar-refractivity contribution in [2.24, 2.45) is 0 Å². The molecule has 2 heterocycles. The average Bonchev–Trinajstić information content (AvgIpc) is 3.19. The minimum absolute atomic E-state index is 0. The van der Waals surface area contributed by atoms with Gasteiger partial charge in [-0.2, -0.15) is 0 Å². The molecule has 1 fully saturated rings. The minimum Gasteiger partial charge on any atom is -0.497 e. The van der Waals surface area contributed by atoms with Crippen LogP contribution in [0.1, 0.15) is 33.1 Å². The van der Waals surface area contributed by atoms with Gasteiger partial charge in [-0.3, -0.25) is 9.69 Å². The van der Waals surface area contributed by atoms with E-state index in [1.54, 1.807) is 14.2 Å². The summed E-state index contributed by atoms with van der Waals surface area (Å²) in [6.07, 6.45) is 0. The third-order valence-electron chi connectivity index (χ3n) is 7.09. The van der Waals surface area contributed by atoms with Crippen molar-refractivity contribution < 1.29 is 14.3 Å². The molecule has 1 saturated heterocycles. The van der Waals surface area contributed by atoms with Crippen LogP contribution in [0.15, 0.2) is 36.4 Å². The molecule has 2 aromatic carbocycles. The molecule has 3 aromatic rings. The molecule has 38 heavy (non-hydrogen) atoms. The van der Waals surface area contributed by atoms with Crippen molar-refractivity contribution in [3.8, 4) is 17.2 Å². The van der Waals surface area contributed by atoms with Crippen molar-refractivity contribution in [2.45, 2.75) is 27.7 Å².